The van der Waals surface area contributed by atoms with E-state index in [1.54, 1.807) is 0 Å². The van der Waals surface area contributed by atoms with Gasteiger partial charge < -0.3 is 14.6 Å². The Balaban J connectivity index is 3.29. The van der Waals surface area contributed by atoms with Gasteiger partial charge in [-0.3, -0.25) is 0 Å². The van der Waals surface area contributed by atoms with Crippen molar-refractivity contribution in [3.63, 3.8) is 0 Å². The van der Waals surface area contributed by atoms with Crippen LogP contribution in [0.2, 0.25) is 0 Å². The second kappa shape index (κ2) is 6.62. The lowest BCUT2D eigenvalue weighted by molar-refractivity contribution is -0.174. The lowest BCUT2D eigenvalue weighted by Gasteiger charge is -2.09. The van der Waals surface area contributed by atoms with Gasteiger partial charge in [0.05, 0.1) is 0 Å². The third kappa shape index (κ3) is 9.48. The molecule has 90 valence electrons. The molecule has 15 heavy (non-hydrogen) atoms. The lowest BCUT2D eigenvalue weighted by Crippen LogP contribution is -2.21. The Morgan fingerprint density at radius 1 is 1.40 bits per heavy atom. The molecule has 4 nitrogen and oxygen atoms in total. The van der Waals surface area contributed by atoms with E-state index in [1.807, 2.05) is 0 Å². The van der Waals surface area contributed by atoms with Gasteiger partial charge in [0, 0.05) is 13.2 Å². The largest absolute Gasteiger partial charge is 0.479 e. The molecule has 0 fully saturated rings. The van der Waals surface area contributed by atoms with Crippen LogP contribution in [0.25, 0.3) is 0 Å². The minimum absolute atomic E-state index is 0.0608. The number of carboxylic acid groups (broad SMARTS) is 1. The van der Waals surface area contributed by atoms with Crippen LogP contribution in [0, 0.1) is 0 Å². The van der Waals surface area contributed by atoms with Gasteiger partial charge in [0.25, 0.3) is 0 Å². The number of carbonyl (C=O) groups is 1. The molecule has 0 radical (unpaired) electrons. The van der Waals surface area contributed by atoms with Crippen LogP contribution in [0.3, 0.4) is 0 Å². The van der Waals surface area contributed by atoms with Crippen molar-refractivity contribution < 1.29 is 32.5 Å². The molecule has 0 spiro atoms. The Labute approximate surface area is 85.0 Å². The Hall–Kier alpha value is -0.820. The molecular weight excluding hydrogens is 217 g/mol. The number of aliphatic carboxylic acids is 1. The van der Waals surface area contributed by atoms with Gasteiger partial charge >= 0.3 is 12.1 Å². The summed E-state index contributed by atoms with van der Waals surface area (Å²) in [5, 5.41) is 8.39. The molecule has 0 rings (SSSR count). The smallest absolute Gasteiger partial charge is 0.411 e. The first kappa shape index (κ1) is 14.2. The molecule has 0 unspecified atom stereocenters. The molecule has 0 aromatic rings. The molecular formula is C8H13F3O4. The van der Waals surface area contributed by atoms with E-state index < -0.39 is 24.9 Å². The van der Waals surface area contributed by atoms with Crippen LogP contribution in [-0.4, -0.2) is 43.2 Å². The van der Waals surface area contributed by atoms with Crippen LogP contribution in [0.5, 0.6) is 0 Å². The molecule has 0 saturated heterocycles. The van der Waals surface area contributed by atoms with Gasteiger partial charge in [0.15, 0.2) is 6.10 Å². The van der Waals surface area contributed by atoms with Crippen LogP contribution in [0.15, 0.2) is 0 Å². The van der Waals surface area contributed by atoms with Gasteiger partial charge in [-0.05, 0) is 13.3 Å². The van der Waals surface area contributed by atoms with Gasteiger partial charge in [-0.25, -0.2) is 4.79 Å². The molecule has 1 atom stereocenters. The predicted octanol–water partition coefficient (Wildman–Crippen LogP) is 1.45. The number of alkyl halides is 3. The highest BCUT2D eigenvalue weighted by Gasteiger charge is 2.27. The molecule has 0 heterocycles. The zero-order valence-corrected chi connectivity index (χ0v) is 8.21. The van der Waals surface area contributed by atoms with E-state index in [0.717, 1.165) is 0 Å². The number of hydrogen-bond donors (Lipinski definition) is 1. The van der Waals surface area contributed by atoms with Gasteiger partial charge in [-0.2, -0.15) is 13.2 Å². The van der Waals surface area contributed by atoms with Crippen LogP contribution in [0.4, 0.5) is 13.2 Å². The van der Waals surface area contributed by atoms with Crippen molar-refractivity contribution in [2.45, 2.75) is 25.6 Å². The first-order valence-corrected chi connectivity index (χ1v) is 4.32. The van der Waals surface area contributed by atoms with E-state index in [1.165, 1.54) is 6.92 Å². The Morgan fingerprint density at radius 2 is 2.00 bits per heavy atom. The summed E-state index contributed by atoms with van der Waals surface area (Å²) < 4.78 is 43.8. The topological polar surface area (TPSA) is 55.8 Å². The van der Waals surface area contributed by atoms with Crippen molar-refractivity contribution in [3.8, 4) is 0 Å². The van der Waals surface area contributed by atoms with Crippen LogP contribution in [0.1, 0.15) is 13.3 Å². The summed E-state index contributed by atoms with van der Waals surface area (Å²) in [6, 6.07) is 0. The molecule has 0 bridgehead atoms. The first-order valence-electron chi connectivity index (χ1n) is 4.32. The summed E-state index contributed by atoms with van der Waals surface area (Å²) in [4.78, 5) is 10.2. The minimum Gasteiger partial charge on any atom is -0.479 e. The zero-order valence-electron chi connectivity index (χ0n) is 8.21. The summed E-state index contributed by atoms with van der Waals surface area (Å²) in [6.45, 7) is 0.0115. The fourth-order valence-corrected chi connectivity index (χ4v) is 0.680. The van der Waals surface area contributed by atoms with Crippen molar-refractivity contribution in [3.05, 3.63) is 0 Å². The van der Waals surface area contributed by atoms with E-state index in [-0.39, 0.29) is 19.6 Å². The SMILES string of the molecule is C[C@H](OCCCOCC(F)(F)F)C(=O)O. The highest BCUT2D eigenvalue weighted by Crippen LogP contribution is 2.14. The van der Waals surface area contributed by atoms with E-state index in [2.05, 4.69) is 4.74 Å². The summed E-state index contributed by atoms with van der Waals surface area (Å²) in [6.07, 6.45) is -5.05. The molecule has 0 aliphatic heterocycles. The van der Waals surface area contributed by atoms with Crippen molar-refractivity contribution in [2.24, 2.45) is 0 Å². The van der Waals surface area contributed by atoms with E-state index in [0.29, 0.717) is 0 Å². The molecule has 0 aromatic carbocycles. The van der Waals surface area contributed by atoms with Crippen molar-refractivity contribution in [1.82, 2.24) is 0 Å². The maximum absolute atomic E-state index is 11.6. The Bertz CT molecular complexity index is 193. The van der Waals surface area contributed by atoms with Gasteiger partial charge in [0.1, 0.15) is 6.61 Å². The Morgan fingerprint density at radius 3 is 2.47 bits per heavy atom. The molecule has 0 aliphatic rings. The summed E-state index contributed by atoms with van der Waals surface area (Å²) >= 11 is 0. The second-order valence-corrected chi connectivity index (χ2v) is 2.87. The average molecular weight is 230 g/mol. The Kier molecular flexibility index (Phi) is 6.26. The van der Waals surface area contributed by atoms with E-state index in [4.69, 9.17) is 9.84 Å². The number of hydrogen-bond acceptors (Lipinski definition) is 3. The molecule has 0 aliphatic carbocycles. The molecule has 0 saturated carbocycles. The van der Waals surface area contributed by atoms with Crippen LogP contribution in [-0.2, 0) is 14.3 Å². The molecule has 7 heteroatoms. The van der Waals surface area contributed by atoms with E-state index >= 15 is 0 Å². The quantitative estimate of drug-likeness (QED) is 0.672. The van der Waals surface area contributed by atoms with Gasteiger partial charge in [-0.1, -0.05) is 0 Å². The van der Waals surface area contributed by atoms with Crippen molar-refractivity contribution >= 4 is 5.97 Å². The zero-order chi connectivity index (χ0) is 11.9. The summed E-state index contributed by atoms with van der Waals surface area (Å²) in [5.41, 5.74) is 0. The third-order valence-electron chi connectivity index (χ3n) is 1.41. The van der Waals surface area contributed by atoms with Crippen molar-refractivity contribution in [1.29, 1.82) is 0 Å². The fourth-order valence-electron chi connectivity index (χ4n) is 0.680. The maximum Gasteiger partial charge on any atom is 0.411 e. The number of ether oxygens (including phenoxy) is 2. The van der Waals surface area contributed by atoms with E-state index in [9.17, 15) is 18.0 Å². The minimum atomic E-state index is -4.32. The summed E-state index contributed by atoms with van der Waals surface area (Å²) in [5.74, 6) is -1.11. The standard InChI is InChI=1S/C8H13F3O4/c1-6(7(12)13)15-4-2-3-14-5-8(9,10)11/h6H,2-5H2,1H3,(H,12,13)/t6-/m0/s1. The lowest BCUT2D eigenvalue weighted by atomic mass is 10.4. The van der Waals surface area contributed by atoms with Crippen LogP contribution >= 0.6 is 0 Å². The normalized spacial score (nSPS) is 13.9. The second-order valence-electron chi connectivity index (χ2n) is 2.87. The van der Waals surface area contributed by atoms with Gasteiger partial charge in [0.2, 0.25) is 0 Å². The molecule has 0 aromatic heterocycles. The predicted molar refractivity (Wildman–Crippen MR) is 44.5 cm³/mol. The van der Waals surface area contributed by atoms with Gasteiger partial charge in [-0.15, -0.1) is 0 Å². The number of halogens is 3. The summed E-state index contributed by atoms with van der Waals surface area (Å²) in [7, 11) is 0. The molecule has 0 amide bonds. The average Bonchev–Trinajstić information content (AvgIpc) is 2.08. The van der Waals surface area contributed by atoms with Crippen LogP contribution < -0.4 is 0 Å². The highest BCUT2D eigenvalue weighted by atomic mass is 19.4. The molecule has 1 N–H and O–H groups in total. The monoisotopic (exact) mass is 230 g/mol. The first-order chi connectivity index (χ1) is 6.83. The third-order valence-corrected chi connectivity index (χ3v) is 1.41. The highest BCUT2D eigenvalue weighted by molar-refractivity contribution is 5.71. The number of carboxylic acids is 1. The number of rotatable bonds is 7. The van der Waals surface area contributed by atoms with Crippen molar-refractivity contribution in [2.75, 3.05) is 19.8 Å². The fraction of sp³-hybridized carbons (Fsp3) is 0.875. The maximum atomic E-state index is 11.6.